The average Bonchev–Trinajstić information content (AvgIpc) is 2.40. The second-order valence-corrected chi connectivity index (χ2v) is 4.73. The number of amides is 2. The zero-order valence-electron chi connectivity index (χ0n) is 12.0. The molecule has 1 unspecified atom stereocenters. The van der Waals surface area contributed by atoms with Gasteiger partial charge in [0.25, 0.3) is 5.69 Å². The molecule has 0 heterocycles. The van der Waals surface area contributed by atoms with Crippen LogP contribution < -0.4 is 5.32 Å². The predicted molar refractivity (Wildman–Crippen MR) is 75.9 cm³/mol. The highest BCUT2D eigenvalue weighted by Gasteiger charge is 2.20. The first kappa shape index (κ1) is 15.9. The normalized spacial score (nSPS) is 11.8. The maximum absolute atomic E-state index is 12.0. The van der Waals surface area contributed by atoms with Crippen molar-refractivity contribution in [1.82, 2.24) is 4.90 Å². The molecular weight excluding hydrogens is 262 g/mol. The van der Waals surface area contributed by atoms with Gasteiger partial charge in [-0.25, -0.2) is 4.79 Å². The highest BCUT2D eigenvalue weighted by molar-refractivity contribution is 5.91. The van der Waals surface area contributed by atoms with Gasteiger partial charge < -0.3 is 15.3 Å². The van der Waals surface area contributed by atoms with Gasteiger partial charge in [0.2, 0.25) is 0 Å². The van der Waals surface area contributed by atoms with E-state index >= 15 is 0 Å². The van der Waals surface area contributed by atoms with Crippen molar-refractivity contribution in [1.29, 1.82) is 0 Å². The number of likely N-dealkylation sites (N-methyl/N-ethyl adjacent to an activating group) is 1. The molecule has 0 fully saturated rings. The Morgan fingerprint density at radius 3 is 2.60 bits per heavy atom. The molecule has 20 heavy (non-hydrogen) atoms. The van der Waals surface area contributed by atoms with Gasteiger partial charge >= 0.3 is 6.03 Å². The molecule has 0 aliphatic heterocycles. The third-order valence-corrected chi connectivity index (χ3v) is 3.32. The number of aryl methyl sites for hydroxylation is 1. The second-order valence-electron chi connectivity index (χ2n) is 4.73. The number of aliphatic hydroxyl groups excluding tert-OH is 1. The van der Waals surface area contributed by atoms with Gasteiger partial charge in [0.15, 0.2) is 0 Å². The number of carbonyl (C=O) groups excluding carboxylic acids is 1. The Bertz CT molecular complexity index is 531. The van der Waals surface area contributed by atoms with Crippen LogP contribution in [0.5, 0.6) is 0 Å². The molecule has 2 N–H and O–H groups in total. The van der Waals surface area contributed by atoms with Crippen LogP contribution in [0.4, 0.5) is 16.2 Å². The lowest BCUT2D eigenvalue weighted by molar-refractivity contribution is -0.385. The quantitative estimate of drug-likeness (QED) is 0.652. The number of rotatable bonds is 4. The molecule has 0 bridgehead atoms. The van der Waals surface area contributed by atoms with E-state index in [0.717, 1.165) is 5.56 Å². The number of nitro benzene ring substituents is 1. The van der Waals surface area contributed by atoms with Crippen LogP contribution in [-0.2, 0) is 0 Å². The highest BCUT2D eigenvalue weighted by atomic mass is 16.6. The largest absolute Gasteiger partial charge is 0.394 e. The monoisotopic (exact) mass is 281 g/mol. The average molecular weight is 281 g/mol. The molecule has 1 rings (SSSR count). The number of nitrogens with zero attached hydrogens (tertiary/aromatic N) is 2. The number of nitrogens with one attached hydrogen (secondary N) is 1. The van der Waals surface area contributed by atoms with Crippen molar-refractivity contribution in [3.05, 3.63) is 33.4 Å². The van der Waals surface area contributed by atoms with Crippen molar-refractivity contribution in [3.8, 4) is 0 Å². The number of anilines is 1. The lowest BCUT2D eigenvalue weighted by Crippen LogP contribution is -2.40. The highest BCUT2D eigenvalue weighted by Crippen LogP contribution is 2.28. The smallest absolute Gasteiger partial charge is 0.321 e. The summed E-state index contributed by atoms with van der Waals surface area (Å²) in [6.45, 7) is 4.90. The van der Waals surface area contributed by atoms with Crippen LogP contribution in [0.1, 0.15) is 18.1 Å². The van der Waals surface area contributed by atoms with Crippen molar-refractivity contribution in [3.63, 3.8) is 0 Å². The van der Waals surface area contributed by atoms with Crippen LogP contribution in [0.2, 0.25) is 0 Å². The van der Waals surface area contributed by atoms with Crippen LogP contribution in [0.25, 0.3) is 0 Å². The fourth-order valence-corrected chi connectivity index (χ4v) is 1.74. The van der Waals surface area contributed by atoms with E-state index in [-0.39, 0.29) is 18.3 Å². The molecule has 7 nitrogen and oxygen atoms in total. The van der Waals surface area contributed by atoms with Crippen molar-refractivity contribution < 1.29 is 14.8 Å². The number of aliphatic hydroxyl groups is 1. The molecule has 0 aliphatic carbocycles. The van der Waals surface area contributed by atoms with Gasteiger partial charge in [-0.15, -0.1) is 0 Å². The minimum absolute atomic E-state index is 0.0382. The molecule has 1 aromatic carbocycles. The van der Waals surface area contributed by atoms with Crippen molar-refractivity contribution in [2.24, 2.45) is 0 Å². The number of carbonyl (C=O) groups is 1. The molecule has 1 atom stereocenters. The summed E-state index contributed by atoms with van der Waals surface area (Å²) in [4.78, 5) is 23.8. The Morgan fingerprint density at radius 2 is 2.10 bits per heavy atom. The SMILES string of the molecule is Cc1ccc([N+](=O)[O-])c(C)c1NC(=O)N(C)C(C)CO. The van der Waals surface area contributed by atoms with E-state index in [2.05, 4.69) is 5.32 Å². The third-order valence-electron chi connectivity index (χ3n) is 3.32. The number of benzene rings is 1. The Balaban J connectivity index is 3.06. The molecule has 2 amide bonds. The Morgan fingerprint density at radius 1 is 1.50 bits per heavy atom. The Hall–Kier alpha value is -2.15. The zero-order valence-corrected chi connectivity index (χ0v) is 12.0. The van der Waals surface area contributed by atoms with Gasteiger partial charge in [-0.3, -0.25) is 10.1 Å². The van der Waals surface area contributed by atoms with Crippen molar-refractivity contribution in [2.45, 2.75) is 26.8 Å². The van der Waals surface area contributed by atoms with E-state index < -0.39 is 11.0 Å². The first-order chi connectivity index (χ1) is 9.29. The topological polar surface area (TPSA) is 95.7 Å². The van der Waals surface area contributed by atoms with E-state index in [1.54, 1.807) is 33.9 Å². The maximum Gasteiger partial charge on any atom is 0.321 e. The lowest BCUT2D eigenvalue weighted by Gasteiger charge is -2.24. The summed E-state index contributed by atoms with van der Waals surface area (Å²) >= 11 is 0. The van der Waals surface area contributed by atoms with Crippen LogP contribution in [0.15, 0.2) is 12.1 Å². The summed E-state index contributed by atoms with van der Waals surface area (Å²) in [5, 5.41) is 22.6. The summed E-state index contributed by atoms with van der Waals surface area (Å²) in [6, 6.07) is 2.25. The third kappa shape index (κ3) is 3.24. The molecule has 0 radical (unpaired) electrons. The van der Waals surface area contributed by atoms with Crippen molar-refractivity contribution >= 4 is 17.4 Å². The van der Waals surface area contributed by atoms with E-state index in [1.807, 2.05) is 0 Å². The molecule has 0 aliphatic rings. The maximum atomic E-state index is 12.0. The zero-order chi connectivity index (χ0) is 15.4. The van der Waals surface area contributed by atoms with Gasteiger partial charge in [-0.1, -0.05) is 6.07 Å². The number of hydrogen-bond donors (Lipinski definition) is 2. The van der Waals surface area contributed by atoms with Gasteiger partial charge in [-0.05, 0) is 26.3 Å². The summed E-state index contributed by atoms with van der Waals surface area (Å²) in [6.07, 6.45) is 0. The standard InChI is InChI=1S/C13H19N3O4/c1-8-5-6-11(16(19)20)10(3)12(8)14-13(18)15(4)9(2)7-17/h5-6,9,17H,7H2,1-4H3,(H,14,18). The molecule has 1 aromatic rings. The van der Waals surface area contributed by atoms with Crippen LogP contribution in [0, 0.1) is 24.0 Å². The minimum atomic E-state index is -0.482. The fourth-order valence-electron chi connectivity index (χ4n) is 1.74. The number of urea groups is 1. The summed E-state index contributed by atoms with van der Waals surface area (Å²) in [5.74, 6) is 0. The fraction of sp³-hybridized carbons (Fsp3) is 0.462. The molecule has 0 saturated carbocycles. The van der Waals surface area contributed by atoms with E-state index in [0.29, 0.717) is 11.3 Å². The summed E-state index contributed by atoms with van der Waals surface area (Å²) in [5.41, 5.74) is 1.55. The molecule has 7 heteroatoms. The number of nitro groups is 1. The number of hydrogen-bond acceptors (Lipinski definition) is 4. The summed E-state index contributed by atoms with van der Waals surface area (Å²) in [7, 11) is 1.55. The van der Waals surface area contributed by atoms with E-state index in [4.69, 9.17) is 5.11 Å². The van der Waals surface area contributed by atoms with Crippen LogP contribution >= 0.6 is 0 Å². The summed E-state index contributed by atoms with van der Waals surface area (Å²) < 4.78 is 0. The molecule has 0 saturated heterocycles. The van der Waals surface area contributed by atoms with Gasteiger partial charge in [0.1, 0.15) is 0 Å². The minimum Gasteiger partial charge on any atom is -0.394 e. The Kier molecular flexibility index (Phi) is 5.04. The van der Waals surface area contributed by atoms with E-state index in [1.165, 1.54) is 11.0 Å². The molecular formula is C13H19N3O4. The first-order valence-electron chi connectivity index (χ1n) is 6.18. The predicted octanol–water partition coefficient (Wildman–Crippen LogP) is 2.06. The van der Waals surface area contributed by atoms with Gasteiger partial charge in [0.05, 0.1) is 28.8 Å². The molecule has 0 spiro atoms. The van der Waals surface area contributed by atoms with Gasteiger partial charge in [0, 0.05) is 13.1 Å². The van der Waals surface area contributed by atoms with Crippen molar-refractivity contribution in [2.75, 3.05) is 19.0 Å². The van der Waals surface area contributed by atoms with Crippen LogP contribution in [-0.4, -0.2) is 40.7 Å². The van der Waals surface area contributed by atoms with Crippen LogP contribution in [0.3, 0.4) is 0 Å². The Labute approximate surface area is 117 Å². The molecule has 110 valence electrons. The second kappa shape index (κ2) is 6.33. The first-order valence-corrected chi connectivity index (χ1v) is 6.18. The van der Waals surface area contributed by atoms with E-state index in [9.17, 15) is 14.9 Å². The van der Waals surface area contributed by atoms with Gasteiger partial charge in [-0.2, -0.15) is 0 Å². The molecule has 0 aromatic heterocycles. The lowest BCUT2D eigenvalue weighted by atomic mass is 10.1.